The molecule has 1 aromatic heterocycles. The highest BCUT2D eigenvalue weighted by Gasteiger charge is 2.33. The molecular weight excluding hydrogens is 460 g/mol. The molecule has 0 bridgehead atoms. The van der Waals surface area contributed by atoms with Crippen LogP contribution in [0, 0.1) is 5.82 Å². The third-order valence-electron chi connectivity index (χ3n) is 4.82. The summed E-state index contributed by atoms with van der Waals surface area (Å²) in [5.41, 5.74) is -0.660. The number of nitrogens with zero attached hydrogens (tertiary/aromatic N) is 1. The molecule has 4 rings (SSSR count). The third kappa shape index (κ3) is 4.85. The molecule has 0 aliphatic rings. The van der Waals surface area contributed by atoms with Gasteiger partial charge >= 0.3 is 6.18 Å². The Morgan fingerprint density at radius 3 is 2.39 bits per heavy atom. The van der Waals surface area contributed by atoms with Crippen molar-refractivity contribution in [3.63, 3.8) is 0 Å². The summed E-state index contributed by atoms with van der Waals surface area (Å²) in [5.74, 6) is -2.22. The first-order valence-electron chi connectivity index (χ1n) is 9.50. The molecule has 9 heteroatoms. The highest BCUT2D eigenvalue weighted by Crippen LogP contribution is 2.35. The van der Waals surface area contributed by atoms with Crippen LogP contribution in [0.3, 0.4) is 0 Å². The Morgan fingerprint density at radius 2 is 1.64 bits per heavy atom. The second kappa shape index (κ2) is 8.63. The second-order valence-electron chi connectivity index (χ2n) is 7.12. The Kier molecular flexibility index (Phi) is 5.86. The molecule has 3 aromatic carbocycles. The quantitative estimate of drug-likeness (QED) is 0.271. The number of alkyl halides is 3. The Morgan fingerprint density at radius 1 is 0.879 bits per heavy atom. The summed E-state index contributed by atoms with van der Waals surface area (Å²) in [6.07, 6.45) is -3.13. The van der Waals surface area contributed by atoms with Gasteiger partial charge in [-0.15, -0.1) is 0 Å². The van der Waals surface area contributed by atoms with E-state index in [1.807, 2.05) is 0 Å². The number of rotatable bonds is 4. The molecule has 166 valence electrons. The van der Waals surface area contributed by atoms with Gasteiger partial charge in [-0.1, -0.05) is 17.7 Å². The zero-order valence-electron chi connectivity index (χ0n) is 16.6. The summed E-state index contributed by atoms with van der Waals surface area (Å²) >= 11 is 5.57. The SMILES string of the molecule is O=C(Nc1cc(F)cc(C(=O)c2ccc3ncccc3c2)c1)c1ccc(Cl)c(C(F)(F)F)c1. The number of anilines is 1. The summed E-state index contributed by atoms with van der Waals surface area (Å²) in [7, 11) is 0. The molecule has 0 saturated heterocycles. The summed E-state index contributed by atoms with van der Waals surface area (Å²) in [4.78, 5) is 29.6. The maximum Gasteiger partial charge on any atom is 0.417 e. The highest BCUT2D eigenvalue weighted by molar-refractivity contribution is 6.31. The minimum atomic E-state index is -4.75. The fourth-order valence-electron chi connectivity index (χ4n) is 3.26. The molecular formula is C24H13ClF4N2O2. The Hall–Kier alpha value is -3.78. The molecule has 4 nitrogen and oxygen atoms in total. The molecule has 0 aliphatic carbocycles. The Balaban J connectivity index is 1.62. The van der Waals surface area contributed by atoms with E-state index in [1.165, 1.54) is 6.07 Å². The van der Waals surface area contributed by atoms with E-state index in [-0.39, 0.29) is 22.4 Å². The van der Waals surface area contributed by atoms with Crippen molar-refractivity contribution in [2.75, 3.05) is 5.32 Å². The van der Waals surface area contributed by atoms with Crippen LogP contribution >= 0.6 is 11.6 Å². The van der Waals surface area contributed by atoms with Crippen LogP contribution in [0.5, 0.6) is 0 Å². The Labute approximate surface area is 189 Å². The number of pyridine rings is 1. The topological polar surface area (TPSA) is 59.1 Å². The maximum absolute atomic E-state index is 14.2. The lowest BCUT2D eigenvalue weighted by Gasteiger charge is -2.12. The van der Waals surface area contributed by atoms with E-state index in [1.54, 1.807) is 36.5 Å². The van der Waals surface area contributed by atoms with Gasteiger partial charge in [0.2, 0.25) is 0 Å². The number of amides is 1. The summed E-state index contributed by atoms with van der Waals surface area (Å²) < 4.78 is 53.4. The van der Waals surface area contributed by atoms with Gasteiger partial charge in [0.05, 0.1) is 16.1 Å². The van der Waals surface area contributed by atoms with Crippen LogP contribution in [0.4, 0.5) is 23.2 Å². The number of fused-ring (bicyclic) bond motifs is 1. The zero-order valence-corrected chi connectivity index (χ0v) is 17.3. The lowest BCUT2D eigenvalue weighted by atomic mass is 10.0. The predicted molar refractivity (Wildman–Crippen MR) is 116 cm³/mol. The van der Waals surface area contributed by atoms with Crippen LogP contribution in [0.1, 0.15) is 31.8 Å². The predicted octanol–water partition coefficient (Wildman–Crippen LogP) is 6.53. The molecule has 0 unspecified atom stereocenters. The highest BCUT2D eigenvalue weighted by atomic mass is 35.5. The Bertz CT molecular complexity index is 1400. The summed E-state index contributed by atoms with van der Waals surface area (Å²) in [6, 6.07) is 14.2. The average Bonchev–Trinajstić information content (AvgIpc) is 2.77. The van der Waals surface area contributed by atoms with E-state index in [0.29, 0.717) is 11.6 Å². The van der Waals surface area contributed by atoms with E-state index in [9.17, 15) is 27.2 Å². The minimum absolute atomic E-state index is 0.0411. The van der Waals surface area contributed by atoms with Crippen molar-refractivity contribution in [1.82, 2.24) is 4.98 Å². The van der Waals surface area contributed by atoms with Crippen LogP contribution in [-0.4, -0.2) is 16.7 Å². The molecule has 33 heavy (non-hydrogen) atoms. The second-order valence-corrected chi connectivity index (χ2v) is 7.52. The summed E-state index contributed by atoms with van der Waals surface area (Å²) in [6.45, 7) is 0. The molecule has 0 fully saturated rings. The van der Waals surface area contributed by atoms with Crippen LogP contribution in [-0.2, 0) is 6.18 Å². The van der Waals surface area contributed by atoms with Crippen molar-refractivity contribution < 1.29 is 27.2 Å². The number of hydrogen-bond acceptors (Lipinski definition) is 3. The lowest BCUT2D eigenvalue weighted by Crippen LogP contribution is -2.15. The van der Waals surface area contributed by atoms with Crippen LogP contribution < -0.4 is 5.32 Å². The molecule has 0 saturated carbocycles. The molecule has 1 heterocycles. The van der Waals surface area contributed by atoms with Crippen LogP contribution in [0.25, 0.3) is 10.9 Å². The van der Waals surface area contributed by atoms with E-state index in [4.69, 9.17) is 11.6 Å². The van der Waals surface area contributed by atoms with Gasteiger partial charge in [-0.3, -0.25) is 14.6 Å². The largest absolute Gasteiger partial charge is 0.417 e. The molecule has 1 N–H and O–H groups in total. The average molecular weight is 473 g/mol. The van der Waals surface area contributed by atoms with Gasteiger partial charge in [0.25, 0.3) is 5.91 Å². The number of nitrogens with one attached hydrogen (secondary N) is 1. The molecule has 0 radical (unpaired) electrons. The number of aromatic nitrogens is 1. The maximum atomic E-state index is 14.2. The fourth-order valence-corrected chi connectivity index (χ4v) is 3.49. The normalized spacial score (nSPS) is 11.4. The number of halogens is 5. The van der Waals surface area contributed by atoms with E-state index < -0.39 is 34.3 Å². The number of benzene rings is 3. The minimum Gasteiger partial charge on any atom is -0.322 e. The van der Waals surface area contributed by atoms with Gasteiger partial charge < -0.3 is 5.32 Å². The number of hydrogen-bond donors (Lipinski definition) is 1. The van der Waals surface area contributed by atoms with E-state index in [2.05, 4.69) is 10.3 Å². The van der Waals surface area contributed by atoms with Crippen molar-refractivity contribution in [2.45, 2.75) is 6.18 Å². The van der Waals surface area contributed by atoms with Gasteiger partial charge in [-0.2, -0.15) is 13.2 Å². The molecule has 0 spiro atoms. The van der Waals surface area contributed by atoms with E-state index in [0.717, 1.165) is 29.7 Å². The molecule has 0 atom stereocenters. The van der Waals surface area contributed by atoms with Crippen LogP contribution in [0.2, 0.25) is 5.02 Å². The van der Waals surface area contributed by atoms with Gasteiger partial charge in [-0.25, -0.2) is 4.39 Å². The molecule has 1 amide bonds. The number of ketones is 1. The van der Waals surface area contributed by atoms with Crippen molar-refractivity contribution in [3.05, 3.63) is 106 Å². The van der Waals surface area contributed by atoms with Gasteiger partial charge in [0.15, 0.2) is 5.78 Å². The fraction of sp³-hybridized carbons (Fsp3) is 0.0417. The monoisotopic (exact) mass is 472 g/mol. The van der Waals surface area contributed by atoms with Gasteiger partial charge in [-0.05, 0) is 60.7 Å². The number of carbonyl (C=O) groups excluding carboxylic acids is 2. The first-order valence-corrected chi connectivity index (χ1v) is 9.88. The van der Waals surface area contributed by atoms with Gasteiger partial charge in [0, 0.05) is 34.0 Å². The third-order valence-corrected chi connectivity index (χ3v) is 5.15. The van der Waals surface area contributed by atoms with E-state index >= 15 is 0 Å². The van der Waals surface area contributed by atoms with Crippen molar-refractivity contribution in [2.24, 2.45) is 0 Å². The zero-order chi connectivity index (χ0) is 23.8. The van der Waals surface area contributed by atoms with Gasteiger partial charge in [0.1, 0.15) is 5.82 Å². The van der Waals surface area contributed by atoms with Crippen molar-refractivity contribution >= 4 is 39.9 Å². The first-order chi connectivity index (χ1) is 15.6. The summed E-state index contributed by atoms with van der Waals surface area (Å²) in [5, 5.41) is 2.49. The molecule has 0 aliphatic heterocycles. The molecule has 4 aromatic rings. The van der Waals surface area contributed by atoms with Crippen LogP contribution in [0.15, 0.2) is 72.9 Å². The van der Waals surface area contributed by atoms with Crippen molar-refractivity contribution in [3.8, 4) is 0 Å². The number of carbonyl (C=O) groups is 2. The van der Waals surface area contributed by atoms with Crippen molar-refractivity contribution in [1.29, 1.82) is 0 Å². The lowest BCUT2D eigenvalue weighted by molar-refractivity contribution is -0.137. The smallest absolute Gasteiger partial charge is 0.322 e. The standard InChI is InChI=1S/C24H13ClF4N2O2/c25-20-5-3-15(11-19(20)24(27,28)29)23(33)31-18-10-16(9-17(26)12-18)22(32)14-4-6-21-13(8-14)2-1-7-30-21/h1-12H,(H,31,33). The first kappa shape index (κ1) is 22.4.